The standard InChI is InChI=1S/C16H20FN5O.ClH/c17-14-9-13(2-3-15(14)22-11-19-10-20-22)21-16(23)4-1-12-5-7-18-8-6-12;/h2-3,9-12,18H,1,4-8H2,(H,21,23);1H. The lowest BCUT2D eigenvalue weighted by Crippen LogP contribution is -2.28. The molecule has 8 heteroatoms. The molecule has 2 aromatic rings. The summed E-state index contributed by atoms with van der Waals surface area (Å²) in [7, 11) is 0. The molecule has 0 atom stereocenters. The van der Waals surface area contributed by atoms with Crippen molar-refractivity contribution in [2.45, 2.75) is 25.7 Å². The predicted octanol–water partition coefficient (Wildman–Crippen LogP) is 2.55. The Labute approximate surface area is 146 Å². The highest BCUT2D eigenvalue weighted by atomic mass is 35.5. The van der Waals surface area contributed by atoms with Crippen molar-refractivity contribution in [3.8, 4) is 5.69 Å². The third-order valence-corrected chi connectivity index (χ3v) is 4.14. The fourth-order valence-electron chi connectivity index (χ4n) is 2.83. The number of carbonyl (C=O) groups is 1. The van der Waals surface area contributed by atoms with Gasteiger partial charge in [0.1, 0.15) is 18.3 Å². The Kier molecular flexibility index (Phi) is 6.69. The van der Waals surface area contributed by atoms with Crippen LogP contribution in [0.2, 0.25) is 0 Å². The highest BCUT2D eigenvalue weighted by Gasteiger charge is 2.15. The van der Waals surface area contributed by atoms with E-state index in [1.807, 2.05) is 0 Å². The number of carbonyl (C=O) groups excluding carboxylic acids is 1. The Bertz CT molecular complexity index is 658. The first-order valence-electron chi connectivity index (χ1n) is 7.87. The predicted molar refractivity (Wildman–Crippen MR) is 92.0 cm³/mol. The molecule has 0 spiro atoms. The van der Waals surface area contributed by atoms with Gasteiger partial charge >= 0.3 is 0 Å². The molecule has 0 aliphatic carbocycles. The van der Waals surface area contributed by atoms with Crippen LogP contribution in [0.3, 0.4) is 0 Å². The maximum Gasteiger partial charge on any atom is 0.224 e. The smallest absolute Gasteiger partial charge is 0.224 e. The van der Waals surface area contributed by atoms with Crippen LogP contribution in [-0.2, 0) is 4.79 Å². The molecule has 2 heterocycles. The van der Waals surface area contributed by atoms with E-state index in [1.54, 1.807) is 12.1 Å². The molecular formula is C16H21ClFN5O. The molecule has 0 radical (unpaired) electrons. The van der Waals surface area contributed by atoms with Crippen LogP contribution in [0.4, 0.5) is 10.1 Å². The number of rotatable bonds is 5. The van der Waals surface area contributed by atoms with E-state index in [0.717, 1.165) is 32.4 Å². The number of halogens is 2. The minimum absolute atomic E-state index is 0. The van der Waals surface area contributed by atoms with E-state index >= 15 is 0 Å². The summed E-state index contributed by atoms with van der Waals surface area (Å²) < 4.78 is 15.4. The summed E-state index contributed by atoms with van der Waals surface area (Å²) in [6.45, 7) is 2.06. The molecule has 1 aromatic carbocycles. The number of hydrogen-bond acceptors (Lipinski definition) is 4. The summed E-state index contributed by atoms with van der Waals surface area (Å²) in [5.41, 5.74) is 0.761. The van der Waals surface area contributed by atoms with Crippen molar-refractivity contribution in [1.82, 2.24) is 20.1 Å². The third kappa shape index (κ3) is 4.75. The number of benzene rings is 1. The van der Waals surface area contributed by atoms with Gasteiger partial charge in [-0.3, -0.25) is 4.79 Å². The lowest BCUT2D eigenvalue weighted by atomic mass is 9.93. The van der Waals surface area contributed by atoms with Gasteiger partial charge in [-0.05, 0) is 56.5 Å². The minimum Gasteiger partial charge on any atom is -0.326 e. The van der Waals surface area contributed by atoms with Crippen molar-refractivity contribution in [2.75, 3.05) is 18.4 Å². The van der Waals surface area contributed by atoms with Crippen molar-refractivity contribution in [2.24, 2.45) is 5.92 Å². The first kappa shape index (κ1) is 18.4. The molecule has 0 saturated carbocycles. The average Bonchev–Trinajstić information content (AvgIpc) is 3.08. The Morgan fingerprint density at radius 2 is 2.17 bits per heavy atom. The molecule has 24 heavy (non-hydrogen) atoms. The van der Waals surface area contributed by atoms with Gasteiger partial charge in [-0.25, -0.2) is 14.1 Å². The molecule has 1 fully saturated rings. The number of amides is 1. The molecule has 1 aliphatic heterocycles. The summed E-state index contributed by atoms with van der Waals surface area (Å²) in [5.74, 6) is 0.0801. The molecule has 130 valence electrons. The van der Waals surface area contributed by atoms with Crippen LogP contribution in [-0.4, -0.2) is 33.8 Å². The van der Waals surface area contributed by atoms with Crippen molar-refractivity contribution in [3.05, 3.63) is 36.7 Å². The van der Waals surface area contributed by atoms with E-state index in [9.17, 15) is 9.18 Å². The van der Waals surface area contributed by atoms with Crippen molar-refractivity contribution in [1.29, 1.82) is 0 Å². The zero-order valence-electron chi connectivity index (χ0n) is 13.2. The van der Waals surface area contributed by atoms with Crippen LogP contribution in [0.1, 0.15) is 25.7 Å². The van der Waals surface area contributed by atoms with Gasteiger partial charge < -0.3 is 10.6 Å². The zero-order chi connectivity index (χ0) is 16.1. The first-order valence-corrected chi connectivity index (χ1v) is 7.87. The van der Waals surface area contributed by atoms with Crippen LogP contribution in [0.25, 0.3) is 5.69 Å². The second-order valence-electron chi connectivity index (χ2n) is 5.79. The summed E-state index contributed by atoms with van der Waals surface area (Å²) in [5, 5.41) is 9.96. The summed E-state index contributed by atoms with van der Waals surface area (Å²) in [6, 6.07) is 4.55. The molecule has 1 amide bonds. The van der Waals surface area contributed by atoms with Gasteiger partial charge in [0, 0.05) is 12.1 Å². The maximum atomic E-state index is 14.1. The molecule has 1 aromatic heterocycles. The second-order valence-corrected chi connectivity index (χ2v) is 5.79. The zero-order valence-corrected chi connectivity index (χ0v) is 14.1. The molecule has 1 aliphatic rings. The highest BCUT2D eigenvalue weighted by Crippen LogP contribution is 2.20. The lowest BCUT2D eigenvalue weighted by molar-refractivity contribution is -0.116. The van der Waals surface area contributed by atoms with Gasteiger partial charge in [-0.15, -0.1) is 12.4 Å². The van der Waals surface area contributed by atoms with Crippen LogP contribution in [0.15, 0.2) is 30.9 Å². The Morgan fingerprint density at radius 3 is 2.83 bits per heavy atom. The summed E-state index contributed by atoms with van der Waals surface area (Å²) >= 11 is 0. The Morgan fingerprint density at radius 1 is 1.38 bits per heavy atom. The largest absolute Gasteiger partial charge is 0.326 e. The van der Waals surface area contributed by atoms with E-state index in [4.69, 9.17) is 0 Å². The van der Waals surface area contributed by atoms with Crippen LogP contribution >= 0.6 is 12.4 Å². The fraction of sp³-hybridized carbons (Fsp3) is 0.438. The van der Waals surface area contributed by atoms with Crippen LogP contribution in [0, 0.1) is 11.7 Å². The van der Waals surface area contributed by atoms with Crippen LogP contribution < -0.4 is 10.6 Å². The Hall–Kier alpha value is -1.99. The van der Waals surface area contributed by atoms with Gasteiger partial charge in [0.05, 0.1) is 0 Å². The molecule has 6 nitrogen and oxygen atoms in total. The topological polar surface area (TPSA) is 71.8 Å². The fourth-order valence-corrected chi connectivity index (χ4v) is 2.83. The molecule has 3 rings (SSSR count). The van der Waals surface area contributed by atoms with Gasteiger partial charge in [0.15, 0.2) is 5.82 Å². The number of nitrogens with one attached hydrogen (secondary N) is 2. The van der Waals surface area contributed by atoms with E-state index in [1.165, 1.54) is 23.4 Å². The SMILES string of the molecule is Cl.O=C(CCC1CCNCC1)Nc1ccc(-n2cncn2)c(F)c1. The third-order valence-electron chi connectivity index (χ3n) is 4.14. The monoisotopic (exact) mass is 353 g/mol. The normalized spacial score (nSPS) is 14.9. The number of aromatic nitrogens is 3. The van der Waals surface area contributed by atoms with Crippen molar-refractivity contribution in [3.63, 3.8) is 0 Å². The van der Waals surface area contributed by atoms with Gasteiger partial charge in [0.25, 0.3) is 0 Å². The average molecular weight is 354 g/mol. The second kappa shape index (κ2) is 8.75. The summed E-state index contributed by atoms with van der Waals surface area (Å²) in [4.78, 5) is 15.8. The Balaban J connectivity index is 0.00000208. The summed E-state index contributed by atoms with van der Waals surface area (Å²) in [6.07, 6.45) is 6.36. The lowest BCUT2D eigenvalue weighted by Gasteiger charge is -2.22. The highest BCUT2D eigenvalue weighted by molar-refractivity contribution is 5.90. The molecule has 1 saturated heterocycles. The first-order chi connectivity index (χ1) is 11.2. The van der Waals surface area contributed by atoms with E-state index < -0.39 is 5.82 Å². The molecule has 2 N–H and O–H groups in total. The molecule has 0 unspecified atom stereocenters. The number of piperidine rings is 1. The van der Waals surface area contributed by atoms with Crippen LogP contribution in [0.5, 0.6) is 0 Å². The number of nitrogens with zero attached hydrogens (tertiary/aromatic N) is 3. The number of anilines is 1. The number of hydrogen-bond donors (Lipinski definition) is 2. The van der Waals surface area contributed by atoms with E-state index in [2.05, 4.69) is 20.7 Å². The van der Waals surface area contributed by atoms with Gasteiger partial charge in [0.2, 0.25) is 5.91 Å². The minimum atomic E-state index is -0.452. The maximum absolute atomic E-state index is 14.1. The van der Waals surface area contributed by atoms with Gasteiger partial charge in [-0.1, -0.05) is 0 Å². The molecule has 0 bridgehead atoms. The van der Waals surface area contributed by atoms with Gasteiger partial charge in [-0.2, -0.15) is 5.10 Å². The van der Waals surface area contributed by atoms with E-state index in [-0.39, 0.29) is 18.3 Å². The van der Waals surface area contributed by atoms with E-state index in [0.29, 0.717) is 23.7 Å². The molecular weight excluding hydrogens is 333 g/mol. The van der Waals surface area contributed by atoms with Crippen molar-refractivity contribution >= 4 is 24.0 Å². The quantitative estimate of drug-likeness (QED) is 0.866. The van der Waals surface area contributed by atoms with Crippen molar-refractivity contribution < 1.29 is 9.18 Å².